The summed E-state index contributed by atoms with van der Waals surface area (Å²) in [4.78, 5) is 9.38. The molecule has 1 N–H and O–H groups in total. The van der Waals surface area contributed by atoms with Crippen LogP contribution in [0.25, 0.3) is 17.0 Å². The Kier molecular flexibility index (Phi) is 4.96. The smallest absolute Gasteiger partial charge is 0.228 e. The predicted molar refractivity (Wildman–Crippen MR) is 130 cm³/mol. The standard InChI is InChI=1S/C26H19ClN4O4/c1-33-19-10-5-15(11-21(19)34-2)22-18-9-8-17(32)12-20(18)35-26-23(22)25-29-24(30-31(25)13-28-26)14-3-6-16(27)7-4-14/h3-13,22,32H,1-2H3/t22-/m1/s1. The Morgan fingerprint density at radius 2 is 1.77 bits per heavy atom. The third kappa shape index (κ3) is 3.50. The quantitative estimate of drug-likeness (QED) is 0.354. The van der Waals surface area contributed by atoms with E-state index in [0.29, 0.717) is 39.6 Å². The molecule has 0 saturated carbocycles. The van der Waals surface area contributed by atoms with Crippen LogP contribution in [-0.2, 0) is 0 Å². The molecule has 0 unspecified atom stereocenters. The molecule has 0 bridgehead atoms. The molecule has 6 rings (SSSR count). The molecular weight excluding hydrogens is 468 g/mol. The van der Waals surface area contributed by atoms with Crippen LogP contribution in [0.3, 0.4) is 0 Å². The highest BCUT2D eigenvalue weighted by molar-refractivity contribution is 6.30. The normalized spacial score (nSPS) is 14.2. The summed E-state index contributed by atoms with van der Waals surface area (Å²) in [5, 5.41) is 15.4. The fraction of sp³-hybridized carbons (Fsp3) is 0.115. The molecule has 174 valence electrons. The van der Waals surface area contributed by atoms with Gasteiger partial charge in [0, 0.05) is 28.1 Å². The van der Waals surface area contributed by atoms with Gasteiger partial charge in [0.25, 0.3) is 0 Å². The number of methoxy groups -OCH3 is 2. The van der Waals surface area contributed by atoms with E-state index in [1.807, 2.05) is 36.4 Å². The fourth-order valence-electron chi connectivity index (χ4n) is 4.40. The number of hydrogen-bond donors (Lipinski definition) is 1. The number of rotatable bonds is 4. The van der Waals surface area contributed by atoms with E-state index < -0.39 is 0 Å². The zero-order valence-electron chi connectivity index (χ0n) is 18.8. The lowest BCUT2D eigenvalue weighted by atomic mass is 9.83. The second kappa shape index (κ2) is 8.18. The molecule has 9 heteroatoms. The SMILES string of the molecule is COc1ccc([C@@H]2c3ccc(O)cc3Oc3ncn4nc(-c5ccc(Cl)cc5)nc4c32)cc1OC. The summed E-state index contributed by atoms with van der Waals surface area (Å²) in [5.41, 5.74) is 3.97. The highest BCUT2D eigenvalue weighted by Crippen LogP contribution is 2.49. The van der Waals surface area contributed by atoms with E-state index in [4.69, 9.17) is 30.8 Å². The van der Waals surface area contributed by atoms with Crippen molar-refractivity contribution in [3.05, 3.63) is 88.7 Å². The topological polar surface area (TPSA) is 91.0 Å². The Bertz CT molecular complexity index is 1580. The Labute approximate surface area is 205 Å². The summed E-state index contributed by atoms with van der Waals surface area (Å²) in [6, 6.07) is 18.2. The summed E-state index contributed by atoms with van der Waals surface area (Å²) in [6.07, 6.45) is 1.57. The second-order valence-electron chi connectivity index (χ2n) is 8.05. The van der Waals surface area contributed by atoms with Crippen LogP contribution in [-0.4, -0.2) is 38.9 Å². The minimum Gasteiger partial charge on any atom is -0.508 e. The van der Waals surface area contributed by atoms with E-state index in [9.17, 15) is 5.11 Å². The molecule has 1 aliphatic heterocycles. The van der Waals surface area contributed by atoms with Gasteiger partial charge in [-0.1, -0.05) is 23.7 Å². The molecule has 2 aromatic heterocycles. The van der Waals surface area contributed by atoms with Gasteiger partial charge in [-0.25, -0.2) is 14.5 Å². The first kappa shape index (κ1) is 21.2. The molecule has 3 heterocycles. The molecule has 0 spiro atoms. The second-order valence-corrected chi connectivity index (χ2v) is 8.48. The number of halogens is 1. The maximum absolute atomic E-state index is 10.1. The van der Waals surface area contributed by atoms with Crippen molar-refractivity contribution in [2.75, 3.05) is 14.2 Å². The third-order valence-corrected chi connectivity index (χ3v) is 6.29. The molecule has 0 amide bonds. The van der Waals surface area contributed by atoms with E-state index in [0.717, 1.165) is 22.3 Å². The molecule has 0 fully saturated rings. The van der Waals surface area contributed by atoms with Crippen LogP contribution in [0.5, 0.6) is 28.9 Å². The van der Waals surface area contributed by atoms with E-state index in [2.05, 4.69) is 10.1 Å². The van der Waals surface area contributed by atoms with Crippen molar-refractivity contribution in [3.8, 4) is 40.3 Å². The molecule has 5 aromatic rings. The molecule has 1 aliphatic rings. The predicted octanol–water partition coefficient (Wildman–Crippen LogP) is 5.45. The summed E-state index contributed by atoms with van der Waals surface area (Å²) >= 11 is 6.06. The third-order valence-electron chi connectivity index (χ3n) is 6.03. The van der Waals surface area contributed by atoms with Crippen molar-refractivity contribution in [2.24, 2.45) is 0 Å². The average Bonchev–Trinajstić information content (AvgIpc) is 3.32. The largest absolute Gasteiger partial charge is 0.508 e. The molecule has 0 radical (unpaired) electrons. The molecule has 35 heavy (non-hydrogen) atoms. The Balaban J connectivity index is 1.60. The number of fused-ring (bicyclic) bond motifs is 4. The maximum Gasteiger partial charge on any atom is 0.228 e. The summed E-state index contributed by atoms with van der Waals surface area (Å²) < 4.78 is 18.8. The number of hydrogen-bond acceptors (Lipinski definition) is 7. The van der Waals surface area contributed by atoms with Crippen molar-refractivity contribution in [1.82, 2.24) is 19.6 Å². The van der Waals surface area contributed by atoms with Crippen LogP contribution >= 0.6 is 11.6 Å². The van der Waals surface area contributed by atoms with Crippen LogP contribution in [0.1, 0.15) is 22.6 Å². The van der Waals surface area contributed by atoms with Gasteiger partial charge in [0.15, 0.2) is 23.0 Å². The monoisotopic (exact) mass is 486 g/mol. The number of aromatic hydroxyl groups is 1. The number of phenolic OH excluding ortho intramolecular Hbond substituents is 1. The van der Waals surface area contributed by atoms with Crippen molar-refractivity contribution < 1.29 is 19.3 Å². The number of benzene rings is 3. The minimum absolute atomic E-state index is 0.104. The van der Waals surface area contributed by atoms with Gasteiger partial charge < -0.3 is 19.3 Å². The van der Waals surface area contributed by atoms with Gasteiger partial charge in [-0.3, -0.25) is 0 Å². The zero-order valence-corrected chi connectivity index (χ0v) is 19.5. The Morgan fingerprint density at radius 1 is 0.971 bits per heavy atom. The zero-order chi connectivity index (χ0) is 24.1. The van der Waals surface area contributed by atoms with Crippen molar-refractivity contribution in [2.45, 2.75) is 5.92 Å². The summed E-state index contributed by atoms with van der Waals surface area (Å²) in [7, 11) is 3.20. The van der Waals surface area contributed by atoms with Crippen LogP contribution in [0.15, 0.2) is 67.0 Å². The number of ether oxygens (including phenoxy) is 3. The van der Waals surface area contributed by atoms with Gasteiger partial charge in [-0.15, -0.1) is 5.10 Å². The lowest BCUT2D eigenvalue weighted by Crippen LogP contribution is -2.15. The van der Waals surface area contributed by atoms with Crippen LogP contribution < -0.4 is 14.2 Å². The average molecular weight is 487 g/mol. The summed E-state index contributed by atoms with van der Waals surface area (Å²) in [5.74, 6) is 2.47. The van der Waals surface area contributed by atoms with Crippen molar-refractivity contribution >= 4 is 17.2 Å². The first-order valence-electron chi connectivity index (χ1n) is 10.8. The Hall–Kier alpha value is -4.30. The Morgan fingerprint density at radius 3 is 2.54 bits per heavy atom. The molecular formula is C26H19ClN4O4. The maximum atomic E-state index is 10.1. The van der Waals surface area contributed by atoms with E-state index in [1.165, 1.54) is 0 Å². The lowest BCUT2D eigenvalue weighted by molar-refractivity contribution is 0.354. The summed E-state index contributed by atoms with van der Waals surface area (Å²) in [6.45, 7) is 0. The minimum atomic E-state index is -0.312. The first-order chi connectivity index (χ1) is 17.1. The van der Waals surface area contributed by atoms with Crippen LogP contribution in [0.2, 0.25) is 5.02 Å². The highest BCUT2D eigenvalue weighted by atomic mass is 35.5. The number of nitrogens with zero attached hydrogens (tertiary/aromatic N) is 4. The van der Waals surface area contributed by atoms with Gasteiger partial charge in [0.05, 0.1) is 19.8 Å². The van der Waals surface area contributed by atoms with E-state index in [-0.39, 0.29) is 11.7 Å². The van der Waals surface area contributed by atoms with Crippen LogP contribution in [0.4, 0.5) is 0 Å². The van der Waals surface area contributed by atoms with Crippen LogP contribution in [0, 0.1) is 0 Å². The first-order valence-corrected chi connectivity index (χ1v) is 11.2. The molecule has 0 aliphatic carbocycles. The fourth-order valence-corrected chi connectivity index (χ4v) is 4.53. The molecule has 3 aromatic carbocycles. The van der Waals surface area contributed by atoms with Gasteiger partial charge in [-0.2, -0.15) is 0 Å². The van der Waals surface area contributed by atoms with Gasteiger partial charge >= 0.3 is 0 Å². The van der Waals surface area contributed by atoms with Gasteiger partial charge in [0.1, 0.15) is 17.8 Å². The van der Waals surface area contributed by atoms with E-state index >= 15 is 0 Å². The van der Waals surface area contributed by atoms with Crippen molar-refractivity contribution in [1.29, 1.82) is 0 Å². The van der Waals surface area contributed by atoms with Gasteiger partial charge in [0.2, 0.25) is 5.88 Å². The van der Waals surface area contributed by atoms with E-state index in [1.54, 1.807) is 49.3 Å². The van der Waals surface area contributed by atoms with Crippen molar-refractivity contribution in [3.63, 3.8) is 0 Å². The number of phenols is 1. The lowest BCUT2D eigenvalue weighted by Gasteiger charge is -2.28. The molecule has 8 nitrogen and oxygen atoms in total. The van der Waals surface area contributed by atoms with Gasteiger partial charge in [-0.05, 0) is 48.0 Å². The highest BCUT2D eigenvalue weighted by Gasteiger charge is 2.34. The molecule has 0 saturated heterocycles. The molecule has 1 atom stereocenters. The number of aromatic nitrogens is 4.